The van der Waals surface area contributed by atoms with E-state index in [0.29, 0.717) is 41.7 Å². The van der Waals surface area contributed by atoms with Crippen LogP contribution >= 0.6 is 22.9 Å². The van der Waals surface area contributed by atoms with Gasteiger partial charge in [-0.15, -0.1) is 0 Å². The summed E-state index contributed by atoms with van der Waals surface area (Å²) in [4.78, 5) is 4.78. The molecule has 1 saturated heterocycles. The monoisotopic (exact) mass is 452 g/mol. The summed E-state index contributed by atoms with van der Waals surface area (Å²) in [5.41, 5.74) is 1.44. The lowest BCUT2D eigenvalue weighted by atomic mass is 10.1. The summed E-state index contributed by atoms with van der Waals surface area (Å²) in [6.07, 6.45) is 1.15. The highest BCUT2D eigenvalue weighted by atomic mass is 35.5. The van der Waals surface area contributed by atoms with Crippen molar-refractivity contribution in [3.8, 4) is 10.9 Å². The zero-order valence-electron chi connectivity index (χ0n) is 16.1. The Labute approximate surface area is 179 Å². The first-order valence-electron chi connectivity index (χ1n) is 9.25. The Morgan fingerprint density at radius 3 is 2.69 bits per heavy atom. The van der Waals surface area contributed by atoms with Crippen molar-refractivity contribution < 1.29 is 17.9 Å². The first-order valence-corrected chi connectivity index (χ1v) is 11.9. The Kier molecular flexibility index (Phi) is 5.70. The smallest absolute Gasteiger partial charge is 0.274 e. The minimum Gasteiger partial charge on any atom is -0.497 e. The van der Waals surface area contributed by atoms with Crippen LogP contribution in [0.25, 0.3) is 10.2 Å². The van der Waals surface area contributed by atoms with Crippen LogP contribution in [0.3, 0.4) is 0 Å². The van der Waals surface area contributed by atoms with E-state index in [2.05, 4.69) is 4.98 Å². The van der Waals surface area contributed by atoms with Crippen molar-refractivity contribution in [2.45, 2.75) is 30.8 Å². The molecule has 9 heteroatoms. The first-order chi connectivity index (χ1) is 13.9. The van der Waals surface area contributed by atoms with Gasteiger partial charge in [0.25, 0.3) is 5.19 Å². The number of thiazole rings is 1. The number of sulfonamides is 1. The van der Waals surface area contributed by atoms with Crippen molar-refractivity contribution >= 4 is 43.2 Å². The summed E-state index contributed by atoms with van der Waals surface area (Å²) >= 11 is 7.58. The van der Waals surface area contributed by atoms with Gasteiger partial charge in [0.15, 0.2) is 0 Å². The van der Waals surface area contributed by atoms with Crippen molar-refractivity contribution in [1.82, 2.24) is 9.29 Å². The largest absolute Gasteiger partial charge is 0.497 e. The number of halogens is 1. The van der Waals surface area contributed by atoms with E-state index in [4.69, 9.17) is 21.1 Å². The maximum absolute atomic E-state index is 13.0. The molecule has 1 aliphatic rings. The van der Waals surface area contributed by atoms with Crippen LogP contribution in [0.1, 0.15) is 18.4 Å². The summed E-state index contributed by atoms with van der Waals surface area (Å²) in [6.45, 7) is 2.53. The number of rotatable bonds is 5. The van der Waals surface area contributed by atoms with Crippen molar-refractivity contribution in [1.29, 1.82) is 0 Å². The zero-order valence-corrected chi connectivity index (χ0v) is 18.5. The van der Waals surface area contributed by atoms with Gasteiger partial charge in [0.1, 0.15) is 11.9 Å². The highest BCUT2D eigenvalue weighted by Crippen LogP contribution is 2.33. The second kappa shape index (κ2) is 8.10. The van der Waals surface area contributed by atoms with Crippen LogP contribution in [-0.4, -0.2) is 44.0 Å². The van der Waals surface area contributed by atoms with Crippen molar-refractivity contribution in [2.24, 2.45) is 0 Å². The summed E-state index contributed by atoms with van der Waals surface area (Å²) in [7, 11) is -1.94. The molecule has 0 bridgehead atoms. The molecule has 0 atom stereocenters. The number of benzene rings is 2. The van der Waals surface area contributed by atoms with Crippen molar-refractivity contribution in [3.05, 3.63) is 47.0 Å². The molecule has 154 valence electrons. The Bertz CT molecular complexity index is 1140. The molecule has 0 N–H and O–H groups in total. The molecule has 0 unspecified atom stereocenters. The third kappa shape index (κ3) is 4.07. The molecule has 0 saturated carbocycles. The lowest BCUT2D eigenvalue weighted by molar-refractivity contribution is 0.135. The number of piperidine rings is 1. The number of hydrogen-bond acceptors (Lipinski definition) is 6. The Morgan fingerprint density at radius 2 is 1.97 bits per heavy atom. The van der Waals surface area contributed by atoms with Crippen LogP contribution in [0.2, 0.25) is 5.02 Å². The Balaban J connectivity index is 1.43. The van der Waals surface area contributed by atoms with E-state index in [1.165, 1.54) is 15.6 Å². The Hall–Kier alpha value is -1.87. The van der Waals surface area contributed by atoms with E-state index in [1.54, 1.807) is 32.2 Å². The number of nitrogens with zero attached hydrogens (tertiary/aromatic N) is 2. The normalized spacial score (nSPS) is 16.2. The van der Waals surface area contributed by atoms with Gasteiger partial charge in [-0.1, -0.05) is 29.0 Å². The van der Waals surface area contributed by atoms with Gasteiger partial charge in [0.2, 0.25) is 10.0 Å². The maximum Gasteiger partial charge on any atom is 0.274 e. The molecule has 29 heavy (non-hydrogen) atoms. The first kappa shape index (κ1) is 20.4. The van der Waals surface area contributed by atoms with E-state index in [9.17, 15) is 8.42 Å². The number of aromatic nitrogens is 1. The third-order valence-corrected chi connectivity index (χ3v) is 8.44. The minimum absolute atomic E-state index is 0.0654. The van der Waals surface area contributed by atoms with Gasteiger partial charge in [-0.3, -0.25) is 0 Å². The van der Waals surface area contributed by atoms with E-state index < -0.39 is 10.0 Å². The fourth-order valence-corrected chi connectivity index (χ4v) is 6.26. The molecule has 0 amide bonds. The second-order valence-corrected chi connectivity index (χ2v) is 10.2. The van der Waals surface area contributed by atoms with Gasteiger partial charge in [0, 0.05) is 18.1 Å². The predicted molar refractivity (Wildman–Crippen MR) is 115 cm³/mol. The van der Waals surface area contributed by atoms with Gasteiger partial charge >= 0.3 is 0 Å². The highest BCUT2D eigenvalue weighted by molar-refractivity contribution is 7.89. The molecule has 0 radical (unpaired) electrons. The topological polar surface area (TPSA) is 68.7 Å². The van der Waals surface area contributed by atoms with E-state index in [-0.39, 0.29) is 11.0 Å². The maximum atomic E-state index is 13.0. The van der Waals surface area contributed by atoms with E-state index >= 15 is 0 Å². The molecule has 0 aliphatic carbocycles. The fourth-order valence-electron chi connectivity index (χ4n) is 3.40. The van der Waals surface area contributed by atoms with Gasteiger partial charge < -0.3 is 9.47 Å². The van der Waals surface area contributed by atoms with Crippen LogP contribution in [0.4, 0.5) is 0 Å². The molecule has 6 nitrogen and oxygen atoms in total. The van der Waals surface area contributed by atoms with Gasteiger partial charge in [-0.2, -0.15) is 4.31 Å². The van der Waals surface area contributed by atoms with Crippen LogP contribution in [0, 0.1) is 6.92 Å². The lowest BCUT2D eigenvalue weighted by Crippen LogP contribution is -2.41. The van der Waals surface area contributed by atoms with Crippen molar-refractivity contribution in [3.63, 3.8) is 0 Å². The zero-order chi connectivity index (χ0) is 20.6. The van der Waals surface area contributed by atoms with E-state index in [0.717, 1.165) is 16.0 Å². The summed E-state index contributed by atoms with van der Waals surface area (Å²) in [5.74, 6) is 0.780. The molecule has 1 aliphatic heterocycles. The SMILES string of the molecule is COc1ccc2nc(OC3CCN(S(=O)(=O)c4cccc(Cl)c4C)CC3)sc2c1. The lowest BCUT2D eigenvalue weighted by Gasteiger charge is -2.31. The second-order valence-electron chi connectivity index (χ2n) is 6.90. The van der Waals surface area contributed by atoms with Crippen molar-refractivity contribution in [2.75, 3.05) is 20.2 Å². The molecule has 1 fully saturated rings. The molecule has 2 heterocycles. The summed E-state index contributed by atoms with van der Waals surface area (Å²) in [6, 6.07) is 10.7. The molecular weight excluding hydrogens is 432 g/mol. The quantitative estimate of drug-likeness (QED) is 0.570. The van der Waals surface area contributed by atoms with Gasteiger partial charge in [-0.25, -0.2) is 13.4 Å². The minimum atomic E-state index is -3.57. The fraction of sp³-hybridized carbons (Fsp3) is 0.350. The van der Waals surface area contributed by atoms with E-state index in [1.807, 2.05) is 18.2 Å². The average Bonchev–Trinajstić information content (AvgIpc) is 3.11. The van der Waals surface area contributed by atoms with Crippen LogP contribution in [0.5, 0.6) is 10.9 Å². The van der Waals surface area contributed by atoms with Gasteiger partial charge in [-0.05, 0) is 55.7 Å². The molecule has 0 spiro atoms. The number of ether oxygens (including phenoxy) is 2. The number of fused-ring (bicyclic) bond motifs is 1. The van der Waals surface area contributed by atoms with Gasteiger partial charge in [0.05, 0.1) is 22.2 Å². The Morgan fingerprint density at radius 1 is 1.21 bits per heavy atom. The standard InChI is InChI=1S/C20H21ClN2O4S2/c1-13-16(21)4-3-5-19(13)29(24,25)23-10-8-14(9-11-23)27-20-22-17-7-6-15(26-2)12-18(17)28-20/h3-7,12,14H,8-11H2,1-2H3. The molecular formula is C20H21ClN2O4S2. The molecule has 3 aromatic rings. The third-order valence-electron chi connectivity index (χ3n) is 5.08. The molecule has 1 aromatic heterocycles. The molecule has 2 aromatic carbocycles. The highest BCUT2D eigenvalue weighted by Gasteiger charge is 2.31. The summed E-state index contributed by atoms with van der Waals surface area (Å²) < 4.78 is 39.8. The summed E-state index contributed by atoms with van der Waals surface area (Å²) in [5, 5.41) is 1.05. The number of methoxy groups -OCH3 is 1. The molecule has 4 rings (SSSR count). The average molecular weight is 453 g/mol. The number of hydrogen-bond donors (Lipinski definition) is 0. The van der Waals surface area contributed by atoms with Crippen LogP contribution in [0.15, 0.2) is 41.3 Å². The van der Waals surface area contributed by atoms with Crippen LogP contribution in [-0.2, 0) is 10.0 Å². The van der Waals surface area contributed by atoms with Crippen LogP contribution < -0.4 is 9.47 Å². The predicted octanol–water partition coefficient (Wildman–Crippen LogP) is 4.50.